The molecule has 0 aromatic heterocycles. The van der Waals surface area contributed by atoms with Crippen molar-refractivity contribution in [3.63, 3.8) is 0 Å². The molecule has 0 radical (unpaired) electrons. The van der Waals surface area contributed by atoms with Gasteiger partial charge in [0.2, 0.25) is 0 Å². The van der Waals surface area contributed by atoms with E-state index in [0.717, 1.165) is 19.3 Å². The van der Waals surface area contributed by atoms with E-state index >= 15 is 0 Å². The standard InChI is InChI=1S/C27H28N2O6/c30-22-17-27(13-14-29(18-27)26(32)20-6-2-1-3-7-20)34-23-11-9-19(16-21(22)23)10-12-24(31)28-35-25-8-4-5-15-33-25/h1-3,6-7,9-12,16,25H,4-5,8,13-15,17-18H2,(H,28,31)/b12-10+. The largest absolute Gasteiger partial charge is 0.484 e. The molecular formula is C27H28N2O6. The first kappa shape index (κ1) is 23.3. The van der Waals surface area contributed by atoms with Crippen LogP contribution in [-0.4, -0.2) is 54.1 Å². The summed E-state index contributed by atoms with van der Waals surface area (Å²) in [6.45, 7) is 1.54. The van der Waals surface area contributed by atoms with Crippen molar-refractivity contribution < 1.29 is 28.7 Å². The topological polar surface area (TPSA) is 94.2 Å². The lowest BCUT2D eigenvalue weighted by Gasteiger charge is -2.34. The highest BCUT2D eigenvalue weighted by molar-refractivity contribution is 6.01. The van der Waals surface area contributed by atoms with E-state index in [1.54, 1.807) is 41.3 Å². The van der Waals surface area contributed by atoms with Gasteiger partial charge in [-0.05, 0) is 48.7 Å². The molecule has 1 spiro atoms. The molecule has 3 aliphatic rings. The molecule has 2 aromatic rings. The lowest BCUT2D eigenvalue weighted by atomic mass is 9.88. The molecule has 2 fully saturated rings. The van der Waals surface area contributed by atoms with Crippen LogP contribution in [0, 0.1) is 0 Å². The van der Waals surface area contributed by atoms with E-state index in [2.05, 4.69) is 5.48 Å². The van der Waals surface area contributed by atoms with Gasteiger partial charge in [0.15, 0.2) is 12.1 Å². The van der Waals surface area contributed by atoms with Gasteiger partial charge >= 0.3 is 0 Å². The summed E-state index contributed by atoms with van der Waals surface area (Å²) in [4.78, 5) is 45.0. The van der Waals surface area contributed by atoms with Gasteiger partial charge in [-0.3, -0.25) is 14.4 Å². The molecule has 2 unspecified atom stereocenters. The van der Waals surface area contributed by atoms with E-state index in [0.29, 0.717) is 48.6 Å². The summed E-state index contributed by atoms with van der Waals surface area (Å²) in [5, 5.41) is 0. The van der Waals surface area contributed by atoms with Gasteiger partial charge in [0.05, 0.1) is 18.5 Å². The molecule has 3 heterocycles. The first-order valence-corrected chi connectivity index (χ1v) is 12.0. The van der Waals surface area contributed by atoms with E-state index in [4.69, 9.17) is 14.3 Å². The molecule has 1 N–H and O–H groups in total. The number of ether oxygens (including phenoxy) is 2. The maximum atomic E-state index is 13.0. The quantitative estimate of drug-likeness (QED) is 0.524. The van der Waals surface area contributed by atoms with Gasteiger partial charge in [-0.2, -0.15) is 0 Å². The third kappa shape index (κ3) is 5.28. The Labute approximate surface area is 203 Å². The monoisotopic (exact) mass is 476 g/mol. The number of carbonyl (C=O) groups excluding carboxylic acids is 3. The van der Waals surface area contributed by atoms with E-state index < -0.39 is 17.8 Å². The SMILES string of the molecule is O=C(/C=C/c1ccc2c(c1)C(=O)CC1(CCN(C(=O)c3ccccc3)C1)O2)NOC1CCCCO1. The summed E-state index contributed by atoms with van der Waals surface area (Å²) in [6.07, 6.45) is 6.12. The van der Waals surface area contributed by atoms with Crippen LogP contribution in [0.1, 0.15) is 58.4 Å². The zero-order chi connectivity index (χ0) is 24.3. The Morgan fingerprint density at radius 3 is 2.80 bits per heavy atom. The fourth-order valence-electron chi connectivity index (χ4n) is 4.76. The van der Waals surface area contributed by atoms with Crippen LogP contribution < -0.4 is 10.2 Å². The Hall–Kier alpha value is -3.49. The Balaban J connectivity index is 1.21. The van der Waals surface area contributed by atoms with Crippen molar-refractivity contribution in [2.45, 2.75) is 44.0 Å². The summed E-state index contributed by atoms with van der Waals surface area (Å²) in [6, 6.07) is 14.4. The second-order valence-corrected chi connectivity index (χ2v) is 9.20. The summed E-state index contributed by atoms with van der Waals surface area (Å²) < 4.78 is 11.7. The summed E-state index contributed by atoms with van der Waals surface area (Å²) in [5.74, 6) is 0.0158. The number of Topliss-reactive ketones (excluding diaryl/α,β-unsaturated/α-hetero) is 1. The normalized spacial score (nSPS) is 23.8. The van der Waals surface area contributed by atoms with Crippen LogP contribution in [0.15, 0.2) is 54.6 Å². The van der Waals surface area contributed by atoms with Crippen molar-refractivity contribution in [3.8, 4) is 5.75 Å². The molecule has 0 saturated carbocycles. The predicted molar refractivity (Wildman–Crippen MR) is 128 cm³/mol. The summed E-state index contributed by atoms with van der Waals surface area (Å²) in [7, 11) is 0. The van der Waals surface area contributed by atoms with Crippen LogP contribution in [0.25, 0.3) is 6.08 Å². The van der Waals surface area contributed by atoms with Crippen molar-refractivity contribution in [1.29, 1.82) is 0 Å². The molecule has 0 bridgehead atoms. The number of nitrogens with one attached hydrogen (secondary N) is 1. The molecule has 8 nitrogen and oxygen atoms in total. The number of hydrogen-bond acceptors (Lipinski definition) is 6. The zero-order valence-electron chi connectivity index (χ0n) is 19.4. The van der Waals surface area contributed by atoms with Crippen molar-refractivity contribution in [3.05, 3.63) is 71.3 Å². The first-order valence-electron chi connectivity index (χ1n) is 12.0. The second kappa shape index (κ2) is 10.0. The molecule has 8 heteroatoms. The molecule has 5 rings (SSSR count). The Bertz CT molecular complexity index is 1140. The minimum Gasteiger partial charge on any atom is -0.484 e. The van der Waals surface area contributed by atoms with Gasteiger partial charge in [-0.1, -0.05) is 24.3 Å². The summed E-state index contributed by atoms with van der Waals surface area (Å²) >= 11 is 0. The highest BCUT2D eigenvalue weighted by Gasteiger charge is 2.47. The number of likely N-dealkylation sites (tertiary alicyclic amines) is 1. The number of carbonyl (C=O) groups is 3. The molecule has 35 heavy (non-hydrogen) atoms. The number of hydrogen-bond donors (Lipinski definition) is 1. The Morgan fingerprint density at radius 2 is 2.00 bits per heavy atom. The molecule has 0 aliphatic carbocycles. The van der Waals surface area contributed by atoms with Crippen LogP contribution in [0.2, 0.25) is 0 Å². The zero-order valence-corrected chi connectivity index (χ0v) is 19.4. The van der Waals surface area contributed by atoms with Gasteiger partial charge < -0.3 is 14.4 Å². The minimum atomic E-state index is -0.704. The van der Waals surface area contributed by atoms with Gasteiger partial charge in [-0.15, -0.1) is 0 Å². The van der Waals surface area contributed by atoms with Crippen molar-refractivity contribution >= 4 is 23.7 Å². The van der Waals surface area contributed by atoms with Crippen LogP contribution in [0.3, 0.4) is 0 Å². The third-order valence-corrected chi connectivity index (χ3v) is 6.59. The lowest BCUT2D eigenvalue weighted by molar-refractivity contribution is -0.198. The molecule has 2 amide bonds. The van der Waals surface area contributed by atoms with E-state index in [9.17, 15) is 14.4 Å². The van der Waals surface area contributed by atoms with Gasteiger partial charge in [0.1, 0.15) is 11.4 Å². The fourth-order valence-corrected chi connectivity index (χ4v) is 4.76. The molecule has 2 atom stereocenters. The van der Waals surface area contributed by atoms with Gasteiger partial charge in [0.25, 0.3) is 11.8 Å². The molecule has 2 saturated heterocycles. The van der Waals surface area contributed by atoms with Crippen molar-refractivity contribution in [1.82, 2.24) is 10.4 Å². The molecule has 2 aromatic carbocycles. The lowest BCUT2D eigenvalue weighted by Crippen LogP contribution is -2.45. The number of ketones is 1. The maximum Gasteiger partial charge on any atom is 0.267 e. The number of fused-ring (bicyclic) bond motifs is 1. The van der Waals surface area contributed by atoms with Gasteiger partial charge in [-0.25, -0.2) is 10.3 Å². The molecule has 182 valence electrons. The second-order valence-electron chi connectivity index (χ2n) is 9.20. The average molecular weight is 477 g/mol. The van der Waals surface area contributed by atoms with Crippen LogP contribution in [-0.2, 0) is 14.4 Å². The molecular weight excluding hydrogens is 448 g/mol. The third-order valence-electron chi connectivity index (χ3n) is 6.59. The first-order chi connectivity index (χ1) is 17.0. The Morgan fingerprint density at radius 1 is 1.14 bits per heavy atom. The smallest absolute Gasteiger partial charge is 0.267 e. The number of rotatable bonds is 5. The Kier molecular flexibility index (Phi) is 6.66. The van der Waals surface area contributed by atoms with Crippen molar-refractivity contribution in [2.24, 2.45) is 0 Å². The minimum absolute atomic E-state index is 0.0299. The molecule has 3 aliphatic heterocycles. The summed E-state index contributed by atoms with van der Waals surface area (Å²) in [5.41, 5.74) is 3.49. The van der Waals surface area contributed by atoms with E-state index in [1.165, 1.54) is 6.08 Å². The number of nitrogens with zero attached hydrogens (tertiary/aromatic N) is 1. The average Bonchev–Trinajstić information content (AvgIpc) is 3.29. The number of amides is 2. The van der Waals surface area contributed by atoms with Crippen LogP contribution >= 0.6 is 0 Å². The highest BCUT2D eigenvalue weighted by Crippen LogP contribution is 2.39. The van der Waals surface area contributed by atoms with Crippen LogP contribution in [0.5, 0.6) is 5.75 Å². The van der Waals surface area contributed by atoms with E-state index in [-0.39, 0.29) is 18.1 Å². The number of hydroxylamine groups is 1. The maximum absolute atomic E-state index is 13.0. The van der Waals surface area contributed by atoms with Gasteiger partial charge in [0, 0.05) is 37.6 Å². The van der Waals surface area contributed by atoms with Crippen LogP contribution in [0.4, 0.5) is 0 Å². The highest BCUT2D eigenvalue weighted by atomic mass is 16.8. The fraction of sp³-hybridized carbons (Fsp3) is 0.370. The van der Waals surface area contributed by atoms with Crippen molar-refractivity contribution in [2.75, 3.05) is 19.7 Å². The predicted octanol–water partition coefficient (Wildman–Crippen LogP) is 3.52. The number of benzene rings is 2. The van der Waals surface area contributed by atoms with E-state index in [1.807, 2.05) is 18.2 Å².